The average Bonchev–Trinajstić information content (AvgIpc) is 2.85. The minimum Gasteiger partial charge on any atom is -0.206 e. The Balaban J connectivity index is 2.10. The predicted molar refractivity (Wildman–Crippen MR) is 74.0 cm³/mol. The number of rotatable bonds is 2. The summed E-state index contributed by atoms with van der Waals surface area (Å²) < 4.78 is 15.7. The summed E-state index contributed by atoms with van der Waals surface area (Å²) in [5.41, 5.74) is 3.08. The van der Waals surface area contributed by atoms with Crippen LogP contribution in [0, 0.1) is 19.7 Å². The highest BCUT2D eigenvalue weighted by atomic mass is 19.1. The fraction of sp³-hybridized carbons (Fsp3) is 0.133. The molecule has 3 rings (SSSR count). The van der Waals surface area contributed by atoms with Gasteiger partial charge in [-0.15, -0.1) is 5.10 Å². The Labute approximate surface area is 115 Å². The first-order valence-electron chi connectivity index (χ1n) is 6.27. The van der Waals surface area contributed by atoms with Crippen molar-refractivity contribution in [1.29, 1.82) is 0 Å². The van der Waals surface area contributed by atoms with Gasteiger partial charge in [0.2, 0.25) is 0 Å². The first kappa shape index (κ1) is 12.5. The Morgan fingerprint density at radius 1 is 1.05 bits per heavy atom. The van der Waals surface area contributed by atoms with E-state index in [0.717, 1.165) is 16.8 Å². The molecule has 100 valence electrons. The van der Waals surface area contributed by atoms with Crippen LogP contribution < -0.4 is 0 Å². The van der Waals surface area contributed by atoms with Crippen LogP contribution in [-0.2, 0) is 0 Å². The minimum absolute atomic E-state index is 0.226. The lowest BCUT2D eigenvalue weighted by Gasteiger charge is -2.07. The lowest BCUT2D eigenvalue weighted by atomic mass is 10.0. The van der Waals surface area contributed by atoms with Crippen molar-refractivity contribution >= 4 is 0 Å². The topological polar surface area (TPSA) is 43.6 Å². The molecule has 0 aliphatic heterocycles. The number of aromatic nitrogens is 4. The Kier molecular flexibility index (Phi) is 3.02. The maximum atomic E-state index is 14.0. The SMILES string of the molecule is Cc1ccc(-c2cccc(-n3nnnc3C)c2)c(F)c1. The molecule has 0 saturated heterocycles. The van der Waals surface area contributed by atoms with E-state index in [9.17, 15) is 4.39 Å². The van der Waals surface area contributed by atoms with Gasteiger partial charge in [-0.05, 0) is 53.6 Å². The molecule has 0 amide bonds. The van der Waals surface area contributed by atoms with Gasteiger partial charge in [0, 0.05) is 5.56 Å². The van der Waals surface area contributed by atoms with E-state index in [1.54, 1.807) is 10.7 Å². The van der Waals surface area contributed by atoms with Gasteiger partial charge in [-0.3, -0.25) is 0 Å². The van der Waals surface area contributed by atoms with Crippen molar-refractivity contribution in [1.82, 2.24) is 20.2 Å². The van der Waals surface area contributed by atoms with Gasteiger partial charge in [0.1, 0.15) is 5.82 Å². The van der Waals surface area contributed by atoms with Crippen LogP contribution in [0.4, 0.5) is 4.39 Å². The number of benzene rings is 2. The number of halogens is 1. The first-order valence-corrected chi connectivity index (χ1v) is 6.27. The van der Waals surface area contributed by atoms with Crippen molar-refractivity contribution in [3.8, 4) is 16.8 Å². The summed E-state index contributed by atoms with van der Waals surface area (Å²) in [6.07, 6.45) is 0. The van der Waals surface area contributed by atoms with E-state index in [0.29, 0.717) is 11.4 Å². The van der Waals surface area contributed by atoms with Gasteiger partial charge in [0.25, 0.3) is 0 Å². The number of hydrogen-bond acceptors (Lipinski definition) is 3. The lowest BCUT2D eigenvalue weighted by Crippen LogP contribution is -1.99. The normalized spacial score (nSPS) is 10.8. The van der Waals surface area contributed by atoms with Crippen molar-refractivity contribution < 1.29 is 4.39 Å². The zero-order chi connectivity index (χ0) is 14.1. The summed E-state index contributed by atoms with van der Waals surface area (Å²) >= 11 is 0. The summed E-state index contributed by atoms with van der Waals surface area (Å²) in [7, 11) is 0. The monoisotopic (exact) mass is 268 g/mol. The third-order valence-electron chi connectivity index (χ3n) is 3.15. The fourth-order valence-corrected chi connectivity index (χ4v) is 2.13. The lowest BCUT2D eigenvalue weighted by molar-refractivity contribution is 0.630. The second-order valence-electron chi connectivity index (χ2n) is 4.67. The molecule has 0 atom stereocenters. The molecule has 0 aliphatic carbocycles. The summed E-state index contributed by atoms with van der Waals surface area (Å²) in [5.74, 6) is 0.460. The van der Waals surface area contributed by atoms with Gasteiger partial charge >= 0.3 is 0 Å². The van der Waals surface area contributed by atoms with Gasteiger partial charge in [-0.1, -0.05) is 24.3 Å². The Morgan fingerprint density at radius 2 is 1.90 bits per heavy atom. The van der Waals surface area contributed by atoms with Crippen molar-refractivity contribution in [3.63, 3.8) is 0 Å². The van der Waals surface area contributed by atoms with E-state index in [2.05, 4.69) is 15.5 Å². The van der Waals surface area contributed by atoms with Crippen LogP contribution in [-0.4, -0.2) is 20.2 Å². The van der Waals surface area contributed by atoms with Crippen LogP contribution in [0.15, 0.2) is 42.5 Å². The second-order valence-corrected chi connectivity index (χ2v) is 4.67. The van der Waals surface area contributed by atoms with Crippen molar-refractivity contribution in [2.45, 2.75) is 13.8 Å². The molecule has 1 heterocycles. The summed E-state index contributed by atoms with van der Waals surface area (Å²) in [6.45, 7) is 3.69. The maximum absolute atomic E-state index is 14.0. The zero-order valence-electron chi connectivity index (χ0n) is 11.2. The summed E-state index contributed by atoms with van der Waals surface area (Å²) in [4.78, 5) is 0. The van der Waals surface area contributed by atoms with E-state index >= 15 is 0 Å². The van der Waals surface area contributed by atoms with E-state index in [1.807, 2.05) is 44.2 Å². The molecule has 3 aromatic rings. The van der Waals surface area contributed by atoms with Crippen LogP contribution in [0.3, 0.4) is 0 Å². The van der Waals surface area contributed by atoms with E-state index < -0.39 is 0 Å². The highest BCUT2D eigenvalue weighted by Gasteiger charge is 2.08. The van der Waals surface area contributed by atoms with Crippen LogP contribution in [0.5, 0.6) is 0 Å². The highest BCUT2D eigenvalue weighted by Crippen LogP contribution is 2.25. The molecule has 0 saturated carbocycles. The molecule has 0 spiro atoms. The molecule has 5 heteroatoms. The van der Waals surface area contributed by atoms with E-state index in [1.165, 1.54) is 6.07 Å². The number of aryl methyl sites for hydroxylation is 2. The number of nitrogens with zero attached hydrogens (tertiary/aromatic N) is 4. The molecule has 0 fully saturated rings. The average molecular weight is 268 g/mol. The Hall–Kier alpha value is -2.56. The van der Waals surface area contributed by atoms with E-state index in [-0.39, 0.29) is 5.82 Å². The van der Waals surface area contributed by atoms with Crippen molar-refractivity contribution in [3.05, 3.63) is 59.7 Å². The summed E-state index contributed by atoms with van der Waals surface area (Å²) in [5, 5.41) is 11.4. The van der Waals surface area contributed by atoms with Gasteiger partial charge in [0.05, 0.1) is 5.69 Å². The third kappa shape index (κ3) is 2.18. The van der Waals surface area contributed by atoms with Crippen molar-refractivity contribution in [2.24, 2.45) is 0 Å². The quantitative estimate of drug-likeness (QED) is 0.717. The standard InChI is InChI=1S/C15H13FN4/c1-10-6-7-14(15(16)8-10)12-4-3-5-13(9-12)20-11(2)17-18-19-20/h3-9H,1-2H3. The van der Waals surface area contributed by atoms with E-state index in [4.69, 9.17) is 0 Å². The third-order valence-corrected chi connectivity index (χ3v) is 3.15. The molecule has 0 unspecified atom stereocenters. The van der Waals surface area contributed by atoms with Gasteiger partial charge in [-0.25, -0.2) is 4.39 Å². The molecule has 0 aliphatic rings. The maximum Gasteiger partial charge on any atom is 0.153 e. The van der Waals surface area contributed by atoms with Gasteiger partial charge in [-0.2, -0.15) is 4.68 Å². The molecule has 2 aromatic carbocycles. The minimum atomic E-state index is -0.226. The molecular weight excluding hydrogens is 255 g/mol. The fourth-order valence-electron chi connectivity index (χ4n) is 2.13. The second kappa shape index (κ2) is 4.85. The first-order chi connectivity index (χ1) is 9.65. The molecular formula is C15H13FN4. The summed E-state index contributed by atoms with van der Waals surface area (Å²) in [6, 6.07) is 12.7. The molecule has 0 radical (unpaired) electrons. The number of tetrazole rings is 1. The molecule has 0 N–H and O–H groups in total. The molecule has 1 aromatic heterocycles. The Morgan fingerprint density at radius 3 is 2.60 bits per heavy atom. The van der Waals surface area contributed by atoms with Crippen LogP contribution in [0.25, 0.3) is 16.8 Å². The van der Waals surface area contributed by atoms with Gasteiger partial charge < -0.3 is 0 Å². The highest BCUT2D eigenvalue weighted by molar-refractivity contribution is 5.66. The molecule has 20 heavy (non-hydrogen) atoms. The van der Waals surface area contributed by atoms with Crippen LogP contribution in [0.2, 0.25) is 0 Å². The number of hydrogen-bond donors (Lipinski definition) is 0. The largest absolute Gasteiger partial charge is 0.206 e. The van der Waals surface area contributed by atoms with Crippen molar-refractivity contribution in [2.75, 3.05) is 0 Å². The smallest absolute Gasteiger partial charge is 0.153 e. The molecule has 4 nitrogen and oxygen atoms in total. The zero-order valence-corrected chi connectivity index (χ0v) is 11.2. The molecule has 0 bridgehead atoms. The van der Waals surface area contributed by atoms with Gasteiger partial charge in [0.15, 0.2) is 5.82 Å². The predicted octanol–water partition coefficient (Wildman–Crippen LogP) is 3.09. The Bertz CT molecular complexity index is 764. The van der Waals surface area contributed by atoms with Crippen LogP contribution in [0.1, 0.15) is 11.4 Å². The van der Waals surface area contributed by atoms with Crippen LogP contribution >= 0.6 is 0 Å².